The van der Waals surface area contributed by atoms with Gasteiger partial charge in [0.15, 0.2) is 0 Å². The molecule has 3 heteroatoms. The summed E-state index contributed by atoms with van der Waals surface area (Å²) < 4.78 is 0. The summed E-state index contributed by atoms with van der Waals surface area (Å²) in [6.45, 7) is 5.32. The van der Waals surface area contributed by atoms with Gasteiger partial charge in [0.05, 0.1) is 6.61 Å². The molecule has 0 aliphatic heterocycles. The summed E-state index contributed by atoms with van der Waals surface area (Å²) in [5, 5.41) is 8.96. The van der Waals surface area contributed by atoms with E-state index in [1.807, 2.05) is 6.92 Å². The van der Waals surface area contributed by atoms with E-state index < -0.39 is 0 Å². The van der Waals surface area contributed by atoms with Crippen LogP contribution >= 0.6 is 0 Å². The first-order valence-corrected chi connectivity index (χ1v) is 6.54. The van der Waals surface area contributed by atoms with Gasteiger partial charge in [-0.1, -0.05) is 32.6 Å². The Labute approximate surface area is 98.8 Å². The van der Waals surface area contributed by atoms with Gasteiger partial charge in [0.25, 0.3) is 0 Å². The number of hydrogen-bond acceptors (Lipinski definition) is 2. The summed E-state index contributed by atoms with van der Waals surface area (Å²) >= 11 is 0. The van der Waals surface area contributed by atoms with Gasteiger partial charge in [-0.15, -0.1) is 0 Å². The molecule has 0 radical (unpaired) electrons. The Morgan fingerprint density at radius 2 is 1.81 bits per heavy atom. The van der Waals surface area contributed by atoms with Crippen LogP contribution in [0.4, 0.5) is 0 Å². The molecule has 1 aliphatic carbocycles. The molecule has 0 aromatic rings. The fraction of sp³-hybridized carbons (Fsp3) is 0.923. The molecular formula is C13H25NO2. The minimum absolute atomic E-state index is 0.0651. The Kier molecular flexibility index (Phi) is 5.26. The van der Waals surface area contributed by atoms with E-state index in [0.29, 0.717) is 13.1 Å². The molecule has 0 spiro atoms. The maximum absolute atomic E-state index is 12.4. The lowest BCUT2D eigenvalue weighted by Crippen LogP contribution is -2.43. The SMILES string of the molecule is CCN(CCO)C(=O)C1(C)CCCCCC1. The molecule has 3 nitrogen and oxygen atoms in total. The molecule has 0 aromatic carbocycles. The van der Waals surface area contributed by atoms with Crippen molar-refractivity contribution < 1.29 is 9.90 Å². The number of carbonyl (C=O) groups is 1. The summed E-state index contributed by atoms with van der Waals surface area (Å²) in [5.41, 5.74) is -0.179. The second-order valence-electron chi connectivity index (χ2n) is 5.08. The normalized spacial score (nSPS) is 20.2. The average Bonchev–Trinajstić information content (AvgIpc) is 2.51. The van der Waals surface area contributed by atoms with Gasteiger partial charge in [0.1, 0.15) is 0 Å². The van der Waals surface area contributed by atoms with Crippen molar-refractivity contribution in [2.45, 2.75) is 52.4 Å². The van der Waals surface area contributed by atoms with Gasteiger partial charge in [-0.2, -0.15) is 0 Å². The molecule has 1 aliphatic rings. The fourth-order valence-electron chi connectivity index (χ4n) is 2.63. The molecule has 0 heterocycles. The maximum Gasteiger partial charge on any atom is 0.228 e. The van der Waals surface area contributed by atoms with Crippen molar-refractivity contribution in [2.24, 2.45) is 5.41 Å². The molecule has 0 bridgehead atoms. The second-order valence-corrected chi connectivity index (χ2v) is 5.08. The van der Waals surface area contributed by atoms with Crippen LogP contribution < -0.4 is 0 Å². The highest BCUT2D eigenvalue weighted by Crippen LogP contribution is 2.36. The van der Waals surface area contributed by atoms with Gasteiger partial charge >= 0.3 is 0 Å². The van der Waals surface area contributed by atoms with E-state index in [1.54, 1.807) is 4.90 Å². The van der Waals surface area contributed by atoms with Crippen LogP contribution in [0.5, 0.6) is 0 Å². The molecule has 1 fully saturated rings. The first-order valence-electron chi connectivity index (χ1n) is 6.54. The zero-order chi connectivity index (χ0) is 12.0. The van der Waals surface area contributed by atoms with Crippen molar-refractivity contribution in [3.05, 3.63) is 0 Å². The van der Waals surface area contributed by atoms with Crippen LogP contribution in [0.15, 0.2) is 0 Å². The summed E-state index contributed by atoms with van der Waals surface area (Å²) in [7, 11) is 0. The number of amides is 1. The third-order valence-electron chi connectivity index (χ3n) is 3.76. The lowest BCUT2D eigenvalue weighted by atomic mass is 9.81. The van der Waals surface area contributed by atoms with Crippen LogP contribution in [0.25, 0.3) is 0 Å². The molecule has 0 unspecified atom stereocenters. The predicted molar refractivity (Wildman–Crippen MR) is 65.1 cm³/mol. The van der Waals surface area contributed by atoms with Crippen molar-refractivity contribution in [1.82, 2.24) is 4.90 Å². The summed E-state index contributed by atoms with van der Waals surface area (Å²) in [6, 6.07) is 0. The lowest BCUT2D eigenvalue weighted by molar-refractivity contribution is -0.142. The van der Waals surface area contributed by atoms with Crippen LogP contribution in [0.1, 0.15) is 52.4 Å². The number of aliphatic hydroxyl groups excluding tert-OH is 1. The van der Waals surface area contributed by atoms with Crippen molar-refractivity contribution in [1.29, 1.82) is 0 Å². The molecule has 1 amide bonds. The number of carbonyl (C=O) groups excluding carboxylic acids is 1. The van der Waals surface area contributed by atoms with Gasteiger partial charge in [0, 0.05) is 18.5 Å². The monoisotopic (exact) mass is 227 g/mol. The zero-order valence-electron chi connectivity index (χ0n) is 10.7. The van der Waals surface area contributed by atoms with E-state index in [4.69, 9.17) is 5.11 Å². The molecular weight excluding hydrogens is 202 g/mol. The van der Waals surface area contributed by atoms with Gasteiger partial charge in [-0.3, -0.25) is 4.79 Å². The Bertz CT molecular complexity index is 220. The van der Waals surface area contributed by atoms with E-state index in [-0.39, 0.29) is 17.9 Å². The summed E-state index contributed by atoms with van der Waals surface area (Å²) in [6.07, 6.45) is 6.86. The van der Waals surface area contributed by atoms with E-state index in [2.05, 4.69) is 6.92 Å². The Hall–Kier alpha value is -0.570. The Morgan fingerprint density at radius 3 is 2.25 bits per heavy atom. The predicted octanol–water partition coefficient (Wildman–Crippen LogP) is 2.19. The largest absolute Gasteiger partial charge is 0.395 e. The second kappa shape index (κ2) is 6.24. The maximum atomic E-state index is 12.4. The van der Waals surface area contributed by atoms with Crippen molar-refractivity contribution >= 4 is 5.91 Å². The van der Waals surface area contributed by atoms with Gasteiger partial charge in [-0.25, -0.2) is 0 Å². The van der Waals surface area contributed by atoms with Crippen molar-refractivity contribution in [3.63, 3.8) is 0 Å². The molecule has 0 atom stereocenters. The van der Waals surface area contributed by atoms with E-state index >= 15 is 0 Å². The minimum atomic E-state index is -0.179. The topological polar surface area (TPSA) is 40.5 Å². The van der Waals surface area contributed by atoms with Crippen LogP contribution in [0, 0.1) is 5.41 Å². The Morgan fingerprint density at radius 1 is 1.25 bits per heavy atom. The van der Waals surface area contributed by atoms with Crippen molar-refractivity contribution in [3.8, 4) is 0 Å². The number of likely N-dealkylation sites (N-methyl/N-ethyl adjacent to an activating group) is 1. The molecule has 1 rings (SSSR count). The smallest absolute Gasteiger partial charge is 0.228 e. The number of hydrogen-bond donors (Lipinski definition) is 1. The first-order chi connectivity index (χ1) is 7.64. The first kappa shape index (κ1) is 13.5. The van der Waals surface area contributed by atoms with Crippen LogP contribution in [-0.2, 0) is 4.79 Å². The number of aliphatic hydroxyl groups is 1. The van der Waals surface area contributed by atoms with E-state index in [9.17, 15) is 4.79 Å². The minimum Gasteiger partial charge on any atom is -0.395 e. The Balaban J connectivity index is 2.67. The molecule has 0 saturated heterocycles. The van der Waals surface area contributed by atoms with Crippen LogP contribution in [0.2, 0.25) is 0 Å². The average molecular weight is 227 g/mol. The van der Waals surface area contributed by atoms with E-state index in [0.717, 1.165) is 12.8 Å². The summed E-state index contributed by atoms with van der Waals surface area (Å²) in [5.74, 6) is 0.242. The van der Waals surface area contributed by atoms with Crippen LogP contribution in [0.3, 0.4) is 0 Å². The quantitative estimate of drug-likeness (QED) is 0.748. The standard InChI is InChI=1S/C13H25NO2/c1-3-14(10-11-15)12(16)13(2)8-6-4-5-7-9-13/h15H,3-11H2,1-2H3. The third-order valence-corrected chi connectivity index (χ3v) is 3.76. The highest BCUT2D eigenvalue weighted by atomic mass is 16.3. The lowest BCUT2D eigenvalue weighted by Gasteiger charge is -2.33. The molecule has 1 N–H and O–H groups in total. The fourth-order valence-corrected chi connectivity index (χ4v) is 2.63. The molecule has 16 heavy (non-hydrogen) atoms. The van der Waals surface area contributed by atoms with Gasteiger partial charge in [0.2, 0.25) is 5.91 Å². The third kappa shape index (κ3) is 3.21. The molecule has 94 valence electrons. The zero-order valence-corrected chi connectivity index (χ0v) is 10.7. The van der Waals surface area contributed by atoms with E-state index in [1.165, 1.54) is 25.7 Å². The van der Waals surface area contributed by atoms with Crippen LogP contribution in [-0.4, -0.2) is 35.6 Å². The molecule has 0 aromatic heterocycles. The number of nitrogens with zero attached hydrogens (tertiary/aromatic N) is 1. The summed E-state index contributed by atoms with van der Waals surface area (Å²) in [4.78, 5) is 14.2. The van der Waals surface area contributed by atoms with Crippen molar-refractivity contribution in [2.75, 3.05) is 19.7 Å². The van der Waals surface area contributed by atoms with Gasteiger partial charge in [-0.05, 0) is 19.8 Å². The highest BCUT2D eigenvalue weighted by Gasteiger charge is 2.35. The number of rotatable bonds is 4. The highest BCUT2D eigenvalue weighted by molar-refractivity contribution is 5.82. The van der Waals surface area contributed by atoms with Gasteiger partial charge < -0.3 is 10.0 Å². The molecule has 1 saturated carbocycles.